The number of hydrogen-bond acceptors (Lipinski definition) is 0. The molecule has 0 fully saturated rings. The van der Waals surface area contributed by atoms with Crippen LogP contribution in [-0.2, 0) is 35.1 Å². The smallest absolute Gasteiger partial charge is 1.00 e. The van der Waals surface area contributed by atoms with E-state index in [0.29, 0.717) is 5.41 Å². The van der Waals surface area contributed by atoms with Crippen molar-refractivity contribution in [2.45, 2.75) is 92.4 Å². The van der Waals surface area contributed by atoms with E-state index in [4.69, 9.17) is 23.2 Å². The number of hydrogen-bond donors (Lipinski definition) is 0. The van der Waals surface area contributed by atoms with Crippen LogP contribution in [0.1, 0.15) is 115 Å². The molecule has 3 aliphatic rings. The van der Waals surface area contributed by atoms with Crippen molar-refractivity contribution in [1.82, 2.24) is 0 Å². The maximum Gasteiger partial charge on any atom is -1.00 e. The van der Waals surface area contributed by atoms with Gasteiger partial charge in [0, 0.05) is 0 Å². The van der Waals surface area contributed by atoms with E-state index in [2.05, 4.69) is 135 Å². The minimum Gasteiger partial charge on any atom is -1.00 e. The first kappa shape index (κ1) is 44.3. The summed E-state index contributed by atoms with van der Waals surface area (Å²) in [5, 5.41) is 7.14. The van der Waals surface area contributed by atoms with E-state index >= 15 is 0 Å². The third kappa shape index (κ3) is 9.59. The summed E-state index contributed by atoms with van der Waals surface area (Å²) in [5.41, 5.74) is 13.2. The molecule has 0 N–H and O–H groups in total. The minimum absolute atomic E-state index is 0. The average molecular weight is 872 g/mol. The van der Waals surface area contributed by atoms with Gasteiger partial charge in [0.15, 0.2) is 0 Å². The average Bonchev–Trinajstić information content (AvgIpc) is 3.77. The summed E-state index contributed by atoms with van der Waals surface area (Å²) in [6, 6.07) is 28.0. The monoisotopic (exact) mass is 868 g/mol. The van der Waals surface area contributed by atoms with Gasteiger partial charge in [-0.2, -0.15) is 11.6 Å². The molecule has 8 rings (SSSR count). The van der Waals surface area contributed by atoms with E-state index in [1.807, 2.05) is 36.4 Å². The third-order valence-corrected chi connectivity index (χ3v) is 12.8. The molecular weight excluding hydrogens is 822 g/mol. The Kier molecular flexibility index (Phi) is 14.3. The Bertz CT molecular complexity index is 2180. The summed E-state index contributed by atoms with van der Waals surface area (Å²) >= 11 is 13.3. The predicted molar refractivity (Wildman–Crippen MR) is 226 cm³/mol. The van der Waals surface area contributed by atoms with Gasteiger partial charge in [0.05, 0.1) is 0 Å². The second-order valence-corrected chi connectivity index (χ2v) is 19.0. The summed E-state index contributed by atoms with van der Waals surface area (Å²) in [7, 11) is 0. The van der Waals surface area contributed by atoms with Crippen LogP contribution in [0, 0.1) is 11.5 Å². The standard InChI is InChI=1S/C27H29.C13H8Cl2.C9H13.2ClH.Zr/c1-16-7-9-26(3,4)24-12-18-11-19-13-25-21(17(2)8-10-27(25,5)6)15-23(19)22(18)14-20(16)24;14-12-5-1-3-10(8-12)7-11-4-2-6-13(15)9-11;1-9(2,3)8-6-4-5-7-8;;;/h7-8,11-15H,9-10H2,1-6H3;1-6,8-9H;6-7H,4H2,1-3H3;2*1H;/q-1;;-1;;;+2/p-2. The predicted octanol–water partition coefficient (Wildman–Crippen LogP) is 8.72. The second kappa shape index (κ2) is 17.4. The van der Waals surface area contributed by atoms with E-state index in [1.165, 1.54) is 88.0 Å². The molecule has 5 heteroatoms. The topological polar surface area (TPSA) is 0 Å². The van der Waals surface area contributed by atoms with Crippen LogP contribution in [0.3, 0.4) is 0 Å². The van der Waals surface area contributed by atoms with Gasteiger partial charge in [-0.3, -0.25) is 6.08 Å². The summed E-state index contributed by atoms with van der Waals surface area (Å²) in [6.45, 7) is 20.7. The van der Waals surface area contributed by atoms with Crippen LogP contribution in [0.5, 0.6) is 0 Å². The van der Waals surface area contributed by atoms with E-state index in [0.717, 1.165) is 40.4 Å². The van der Waals surface area contributed by atoms with Gasteiger partial charge < -0.3 is 24.8 Å². The summed E-state index contributed by atoms with van der Waals surface area (Å²) in [5.74, 6) is 0. The zero-order chi connectivity index (χ0) is 37.6. The first-order valence-corrected chi connectivity index (χ1v) is 20.4. The van der Waals surface area contributed by atoms with Gasteiger partial charge in [0.2, 0.25) is 0 Å². The second-order valence-electron chi connectivity index (χ2n) is 16.9. The zero-order valence-corrected chi connectivity index (χ0v) is 38.4. The molecule has 280 valence electrons. The maximum absolute atomic E-state index is 5.98. The molecule has 5 aromatic carbocycles. The van der Waals surface area contributed by atoms with Crippen LogP contribution >= 0.6 is 23.2 Å². The Balaban J connectivity index is 0.000000205. The molecule has 54 heavy (non-hydrogen) atoms. The van der Waals surface area contributed by atoms with Crippen molar-refractivity contribution < 1.29 is 49.0 Å². The van der Waals surface area contributed by atoms with Crippen LogP contribution in [0.4, 0.5) is 0 Å². The molecule has 0 unspecified atom stereocenters. The van der Waals surface area contributed by atoms with Gasteiger partial charge in [-0.1, -0.05) is 89.3 Å². The Morgan fingerprint density at radius 3 is 1.48 bits per heavy atom. The van der Waals surface area contributed by atoms with Crippen molar-refractivity contribution in [3.63, 3.8) is 0 Å². The molecule has 0 nitrogen and oxygen atoms in total. The molecule has 0 spiro atoms. The minimum atomic E-state index is 0. The fraction of sp³-hybridized carbons (Fsp3) is 0.306. The van der Waals surface area contributed by atoms with Crippen molar-refractivity contribution >= 4 is 59.1 Å². The van der Waals surface area contributed by atoms with Gasteiger partial charge in [0.25, 0.3) is 0 Å². The molecular formula is C49H50Cl4Zr-2. The van der Waals surface area contributed by atoms with Crippen molar-refractivity contribution in [3.05, 3.63) is 158 Å². The van der Waals surface area contributed by atoms with Crippen LogP contribution in [0.25, 0.3) is 32.7 Å². The number of fused-ring (bicyclic) bond motifs is 5. The van der Waals surface area contributed by atoms with Crippen LogP contribution < -0.4 is 24.8 Å². The Morgan fingerprint density at radius 1 is 0.685 bits per heavy atom. The fourth-order valence-corrected chi connectivity index (χ4v) is 8.65. The van der Waals surface area contributed by atoms with Gasteiger partial charge in [-0.25, -0.2) is 6.08 Å². The van der Waals surface area contributed by atoms with Crippen LogP contribution in [0.2, 0.25) is 10.0 Å². The van der Waals surface area contributed by atoms with E-state index in [1.54, 1.807) is 0 Å². The summed E-state index contributed by atoms with van der Waals surface area (Å²) in [4.78, 5) is 0. The molecule has 0 saturated carbocycles. The van der Waals surface area contributed by atoms with Crippen molar-refractivity contribution in [2.75, 3.05) is 0 Å². The maximum atomic E-state index is 5.98. The molecule has 3 aliphatic carbocycles. The molecule has 0 saturated heterocycles. The van der Waals surface area contributed by atoms with Crippen molar-refractivity contribution in [3.8, 4) is 0 Å². The Hall–Kier alpha value is -2.38. The summed E-state index contributed by atoms with van der Waals surface area (Å²) < 4.78 is 1.26. The first-order valence-electron chi connectivity index (χ1n) is 18.4. The van der Waals surface area contributed by atoms with Gasteiger partial charge >= 0.3 is 120 Å². The number of halogens is 4. The van der Waals surface area contributed by atoms with Crippen LogP contribution in [0.15, 0.2) is 109 Å². The molecule has 0 amide bonds. The first-order chi connectivity index (χ1) is 24.4. The van der Waals surface area contributed by atoms with Crippen molar-refractivity contribution in [1.29, 1.82) is 0 Å². The van der Waals surface area contributed by atoms with E-state index < -0.39 is 0 Å². The van der Waals surface area contributed by atoms with E-state index in [9.17, 15) is 0 Å². The fourth-order valence-electron chi connectivity index (χ4n) is 7.51. The number of rotatable bonds is 2. The largest absolute Gasteiger partial charge is 1.00 e. The molecule has 0 aromatic heterocycles. The number of allylic oxidation sites excluding steroid dienone is 8. The van der Waals surface area contributed by atoms with Crippen molar-refractivity contribution in [2.24, 2.45) is 5.41 Å². The molecule has 0 bridgehead atoms. The zero-order valence-electron chi connectivity index (χ0n) is 32.9. The van der Waals surface area contributed by atoms with Crippen LogP contribution in [-0.4, -0.2) is 3.21 Å². The van der Waals surface area contributed by atoms with Gasteiger partial charge in [0.1, 0.15) is 0 Å². The normalized spacial score (nSPS) is 16.2. The quantitative estimate of drug-likeness (QED) is 0.156. The van der Waals surface area contributed by atoms with Gasteiger partial charge in [-0.05, 0) is 59.8 Å². The molecule has 0 radical (unpaired) electrons. The number of benzene rings is 4. The molecule has 0 heterocycles. The Labute approximate surface area is 361 Å². The molecule has 0 atom stereocenters. The third-order valence-electron chi connectivity index (χ3n) is 10.9. The Morgan fingerprint density at radius 2 is 1.13 bits per heavy atom. The van der Waals surface area contributed by atoms with E-state index in [-0.39, 0.29) is 35.6 Å². The van der Waals surface area contributed by atoms with Gasteiger partial charge in [-0.15, -0.1) is 46.2 Å². The SMILES string of the molecule is CC(C)(C)C1=CC[C-]=C1.CC1=CCC(C)(C)c2cc3[cH-]c4cc5c(cc4c3cc21)C(C)=CCC5(C)C.Clc1cccc([C](=[Zr+2])c2cccc(Cl)c2)c1.[Cl-].[Cl-]. The molecule has 5 aromatic rings. The molecule has 0 aliphatic heterocycles. The summed E-state index contributed by atoms with van der Waals surface area (Å²) in [6.07, 6.45) is 15.6.